The predicted molar refractivity (Wildman–Crippen MR) is 170 cm³/mol. The first-order chi connectivity index (χ1) is 21.5. The lowest BCUT2D eigenvalue weighted by atomic mass is 9.79. The molecule has 1 unspecified atom stereocenters. The van der Waals surface area contributed by atoms with Crippen LogP contribution < -0.4 is 16.0 Å². The molecule has 246 valence electrons. The Morgan fingerprint density at radius 2 is 1.69 bits per heavy atom. The molecular formula is C33H48FN7O4. The van der Waals surface area contributed by atoms with Crippen molar-refractivity contribution in [3.63, 3.8) is 0 Å². The van der Waals surface area contributed by atoms with E-state index in [1.807, 2.05) is 14.0 Å². The third-order valence-electron chi connectivity index (χ3n) is 9.35. The summed E-state index contributed by atoms with van der Waals surface area (Å²) in [5.41, 5.74) is 0.866. The van der Waals surface area contributed by atoms with E-state index < -0.39 is 35.6 Å². The number of aromatic nitrogens is 2. The summed E-state index contributed by atoms with van der Waals surface area (Å²) >= 11 is 0. The van der Waals surface area contributed by atoms with Crippen molar-refractivity contribution < 1.29 is 23.6 Å². The van der Waals surface area contributed by atoms with Gasteiger partial charge in [0.25, 0.3) is 5.91 Å². The highest BCUT2D eigenvalue weighted by molar-refractivity contribution is 6.00. The van der Waals surface area contributed by atoms with Gasteiger partial charge < -0.3 is 25.8 Å². The van der Waals surface area contributed by atoms with E-state index in [0.29, 0.717) is 36.8 Å². The van der Waals surface area contributed by atoms with E-state index in [4.69, 9.17) is 0 Å². The number of anilines is 1. The number of aryl methyl sites for hydroxylation is 1. The summed E-state index contributed by atoms with van der Waals surface area (Å²) in [6.07, 6.45) is 5.21. The highest BCUT2D eigenvalue weighted by Crippen LogP contribution is 2.32. The quantitative estimate of drug-likeness (QED) is 0.351. The second-order valence-electron chi connectivity index (χ2n) is 12.5. The normalized spacial score (nSPS) is 21.0. The van der Waals surface area contributed by atoms with Crippen LogP contribution in [0.2, 0.25) is 0 Å². The lowest BCUT2D eigenvalue weighted by Crippen LogP contribution is -2.55. The Kier molecular flexibility index (Phi) is 11.7. The van der Waals surface area contributed by atoms with Gasteiger partial charge in [-0.25, -0.2) is 4.39 Å². The Hall–Kier alpha value is -3.80. The predicted octanol–water partition coefficient (Wildman–Crippen LogP) is 3.38. The molecule has 1 saturated heterocycles. The van der Waals surface area contributed by atoms with E-state index in [2.05, 4.69) is 32.9 Å². The molecule has 1 aromatic carbocycles. The Morgan fingerprint density at radius 1 is 1.00 bits per heavy atom. The molecule has 1 saturated carbocycles. The van der Waals surface area contributed by atoms with E-state index in [1.165, 1.54) is 12.1 Å². The molecule has 2 aromatic rings. The number of rotatable bonds is 11. The molecule has 11 nitrogen and oxygen atoms in total. The number of carbonyl (C=O) groups excluding carboxylic acids is 4. The van der Waals surface area contributed by atoms with Gasteiger partial charge in [0.1, 0.15) is 23.6 Å². The maximum absolute atomic E-state index is 15.6. The van der Waals surface area contributed by atoms with Crippen molar-refractivity contribution in [2.75, 3.05) is 38.5 Å². The number of amides is 4. The van der Waals surface area contributed by atoms with Crippen LogP contribution in [0.4, 0.5) is 10.1 Å². The van der Waals surface area contributed by atoms with Crippen molar-refractivity contribution in [1.82, 2.24) is 30.2 Å². The third-order valence-corrected chi connectivity index (χ3v) is 9.35. The monoisotopic (exact) mass is 625 g/mol. The minimum atomic E-state index is -0.856. The molecule has 0 spiro atoms. The number of benzene rings is 1. The minimum absolute atomic E-state index is 0.0162. The molecule has 12 heteroatoms. The molecule has 2 heterocycles. The number of likely N-dealkylation sites (N-methyl/N-ethyl adjacent to an activating group) is 1. The van der Waals surface area contributed by atoms with Gasteiger partial charge in [-0.1, -0.05) is 39.7 Å². The summed E-state index contributed by atoms with van der Waals surface area (Å²) in [7, 11) is 2.00. The minimum Gasteiger partial charge on any atom is -0.344 e. The molecule has 4 rings (SSSR count). The van der Waals surface area contributed by atoms with E-state index in [9.17, 15) is 19.2 Å². The van der Waals surface area contributed by atoms with E-state index >= 15 is 4.39 Å². The van der Waals surface area contributed by atoms with Crippen molar-refractivity contribution in [1.29, 1.82) is 0 Å². The average Bonchev–Trinajstić information content (AvgIpc) is 3.53. The first kappa shape index (κ1) is 34.1. The number of nitrogens with zero attached hydrogens (tertiary/aromatic N) is 4. The molecular weight excluding hydrogens is 577 g/mol. The zero-order chi connectivity index (χ0) is 32.7. The largest absolute Gasteiger partial charge is 0.344 e. The fourth-order valence-corrected chi connectivity index (χ4v) is 6.23. The molecule has 3 atom stereocenters. The Labute approximate surface area is 265 Å². The summed E-state index contributed by atoms with van der Waals surface area (Å²) in [6.45, 7) is 10.7. The molecule has 2 aliphatic rings. The third kappa shape index (κ3) is 8.47. The zero-order valence-corrected chi connectivity index (χ0v) is 27.1. The summed E-state index contributed by atoms with van der Waals surface area (Å²) < 4.78 is 17.2. The summed E-state index contributed by atoms with van der Waals surface area (Å²) in [4.78, 5) is 56.7. The van der Waals surface area contributed by atoms with E-state index in [1.54, 1.807) is 41.8 Å². The molecule has 0 radical (unpaired) electrons. The average molecular weight is 626 g/mol. The molecule has 4 amide bonds. The number of carbonyl (C=O) groups is 4. The smallest absolute Gasteiger partial charge is 0.270 e. The lowest BCUT2D eigenvalue weighted by molar-refractivity contribution is -0.138. The van der Waals surface area contributed by atoms with Gasteiger partial charge in [-0.15, -0.1) is 0 Å². The Bertz CT molecular complexity index is 1350. The fourth-order valence-electron chi connectivity index (χ4n) is 6.23. The fraction of sp³-hybridized carbons (Fsp3) is 0.606. The van der Waals surface area contributed by atoms with Crippen LogP contribution in [0.25, 0.3) is 0 Å². The van der Waals surface area contributed by atoms with E-state index in [-0.39, 0.29) is 29.8 Å². The molecule has 0 bridgehead atoms. The van der Waals surface area contributed by atoms with Crippen LogP contribution in [-0.2, 0) is 20.9 Å². The number of hydrogen-bond donors (Lipinski definition) is 3. The van der Waals surface area contributed by atoms with Gasteiger partial charge in [-0.2, -0.15) is 5.10 Å². The number of piperazine rings is 1. The molecule has 1 aromatic heterocycles. The van der Waals surface area contributed by atoms with Crippen LogP contribution in [0, 0.1) is 17.7 Å². The topological polar surface area (TPSA) is 129 Å². The number of nitrogens with one attached hydrogen (secondary N) is 3. The summed E-state index contributed by atoms with van der Waals surface area (Å²) in [5.74, 6) is -2.06. The van der Waals surface area contributed by atoms with Gasteiger partial charge in [0.05, 0.1) is 5.69 Å². The van der Waals surface area contributed by atoms with Crippen molar-refractivity contribution in [2.45, 2.75) is 84.3 Å². The van der Waals surface area contributed by atoms with Crippen molar-refractivity contribution >= 4 is 29.3 Å². The van der Waals surface area contributed by atoms with Gasteiger partial charge in [0, 0.05) is 51.3 Å². The van der Waals surface area contributed by atoms with Crippen LogP contribution in [0.1, 0.15) is 81.8 Å². The molecule has 2 fully saturated rings. The summed E-state index contributed by atoms with van der Waals surface area (Å²) in [5, 5.41) is 12.6. The Morgan fingerprint density at radius 3 is 2.31 bits per heavy atom. The van der Waals surface area contributed by atoms with Crippen LogP contribution >= 0.6 is 0 Å². The van der Waals surface area contributed by atoms with Gasteiger partial charge >= 0.3 is 0 Å². The van der Waals surface area contributed by atoms with E-state index in [0.717, 1.165) is 38.8 Å². The van der Waals surface area contributed by atoms with Crippen LogP contribution in [0.5, 0.6) is 0 Å². The maximum atomic E-state index is 15.6. The Balaban J connectivity index is 1.52. The first-order valence-electron chi connectivity index (χ1n) is 16.2. The van der Waals surface area contributed by atoms with Gasteiger partial charge in [0.15, 0.2) is 0 Å². The van der Waals surface area contributed by atoms with Crippen molar-refractivity contribution in [3.05, 3.63) is 47.5 Å². The second kappa shape index (κ2) is 15.5. The molecule has 3 N–H and O–H groups in total. The van der Waals surface area contributed by atoms with Crippen LogP contribution in [-0.4, -0.2) is 88.5 Å². The van der Waals surface area contributed by atoms with Gasteiger partial charge in [-0.05, 0) is 62.4 Å². The second-order valence-corrected chi connectivity index (χ2v) is 12.5. The number of hydrogen-bond acceptors (Lipinski definition) is 6. The SMILES string of the molecule is CCC(=O)N[C@@H](C(=O)N1CCN(C)CC1)C(C)c1ccc(NC(=O)[C@@H](NC(=O)c2ccnn2CC)[C@H]2CC[C@H](C)CC2)c(F)c1. The van der Waals surface area contributed by atoms with Gasteiger partial charge in [0.2, 0.25) is 17.7 Å². The maximum Gasteiger partial charge on any atom is 0.270 e. The zero-order valence-electron chi connectivity index (χ0n) is 27.1. The van der Waals surface area contributed by atoms with Crippen LogP contribution in [0.15, 0.2) is 30.5 Å². The molecule has 45 heavy (non-hydrogen) atoms. The van der Waals surface area contributed by atoms with Gasteiger partial charge in [-0.3, -0.25) is 23.9 Å². The lowest BCUT2D eigenvalue weighted by Gasteiger charge is -2.36. The first-order valence-corrected chi connectivity index (χ1v) is 16.2. The van der Waals surface area contributed by atoms with Crippen molar-refractivity contribution in [2.24, 2.45) is 11.8 Å². The molecule has 1 aliphatic carbocycles. The molecule has 1 aliphatic heterocycles. The standard InChI is InChI=1S/C33H48FN7O4/c1-6-28(42)37-29(33(45)40-18-16-39(5)17-19-40)22(4)24-12-13-26(25(34)20-24)36-32(44)30(23-10-8-21(3)9-11-23)38-31(43)27-14-15-35-41(27)7-2/h12-15,20-23,29-30H,6-11,16-19H2,1-5H3,(H,36,44)(H,37,42)(H,38,43)/t21-,22?,23-,29-,30+/m1/s1. The highest BCUT2D eigenvalue weighted by Gasteiger charge is 2.35. The van der Waals surface area contributed by atoms with Crippen LogP contribution in [0.3, 0.4) is 0 Å². The summed E-state index contributed by atoms with van der Waals surface area (Å²) in [6, 6.07) is 4.36. The number of halogens is 1. The highest BCUT2D eigenvalue weighted by atomic mass is 19.1. The van der Waals surface area contributed by atoms with Crippen molar-refractivity contribution in [3.8, 4) is 0 Å².